The minimum absolute atomic E-state index is 0.169. The van der Waals surface area contributed by atoms with Gasteiger partial charge in [-0.1, -0.05) is 30.3 Å². The van der Waals surface area contributed by atoms with Gasteiger partial charge in [-0.15, -0.1) is 0 Å². The Morgan fingerprint density at radius 2 is 1.78 bits per heavy atom. The van der Waals surface area contributed by atoms with Crippen LogP contribution >= 0.6 is 0 Å². The predicted octanol–water partition coefficient (Wildman–Crippen LogP) is 1.98. The molecule has 2 saturated heterocycles. The maximum atomic E-state index is 12.5. The number of ketones is 1. The van der Waals surface area contributed by atoms with Gasteiger partial charge in [0.15, 0.2) is 5.78 Å². The van der Waals surface area contributed by atoms with Crippen LogP contribution in [0, 0.1) is 5.92 Å². The molecule has 0 saturated carbocycles. The Morgan fingerprint density at radius 3 is 2.39 bits per heavy atom. The first-order chi connectivity index (χ1) is 8.75. The first kappa shape index (κ1) is 11.9. The highest BCUT2D eigenvalue weighted by Gasteiger charge is 2.39. The highest BCUT2D eigenvalue weighted by Crippen LogP contribution is 2.32. The first-order valence-corrected chi connectivity index (χ1v) is 6.64. The Bertz CT molecular complexity index is 417. The molecule has 0 radical (unpaired) electrons. The number of hydrogen-bond donors (Lipinski definition) is 0. The quantitative estimate of drug-likeness (QED) is 0.746. The molecule has 2 unspecified atom stereocenters. The van der Waals surface area contributed by atoms with Gasteiger partial charge in [0.25, 0.3) is 0 Å². The Balaban J connectivity index is 1.76. The molecule has 3 rings (SSSR count). The third kappa shape index (κ3) is 2.08. The van der Waals surface area contributed by atoms with Crippen molar-refractivity contribution in [2.45, 2.75) is 24.9 Å². The number of morpholine rings is 1. The lowest BCUT2D eigenvalue weighted by molar-refractivity contribution is -0.0702. The van der Waals surface area contributed by atoms with Crippen molar-refractivity contribution >= 4 is 5.78 Å². The van der Waals surface area contributed by atoms with Gasteiger partial charge in [-0.3, -0.25) is 9.69 Å². The van der Waals surface area contributed by atoms with Crippen LogP contribution in [0.3, 0.4) is 0 Å². The van der Waals surface area contributed by atoms with Crippen LogP contribution in [-0.4, -0.2) is 43.0 Å². The summed E-state index contributed by atoms with van der Waals surface area (Å²) in [6, 6.07) is 10.5. The summed E-state index contributed by atoms with van der Waals surface area (Å²) >= 11 is 0. The number of rotatable bonds is 2. The van der Waals surface area contributed by atoms with Gasteiger partial charge in [-0.25, -0.2) is 0 Å². The van der Waals surface area contributed by atoms with Crippen molar-refractivity contribution < 1.29 is 9.53 Å². The Morgan fingerprint density at radius 1 is 1.17 bits per heavy atom. The van der Waals surface area contributed by atoms with Crippen LogP contribution in [-0.2, 0) is 4.74 Å². The minimum Gasteiger partial charge on any atom is -0.378 e. The zero-order chi connectivity index (χ0) is 12.5. The first-order valence-electron chi connectivity index (χ1n) is 6.64. The average molecular weight is 245 g/mol. The second kappa shape index (κ2) is 4.82. The van der Waals surface area contributed by atoms with E-state index in [1.165, 1.54) is 0 Å². The fraction of sp³-hybridized carbons (Fsp3) is 0.533. The molecule has 2 bridgehead atoms. The molecule has 0 aromatic heterocycles. The largest absolute Gasteiger partial charge is 0.378 e. The van der Waals surface area contributed by atoms with E-state index in [2.05, 4.69) is 11.9 Å². The smallest absolute Gasteiger partial charge is 0.166 e. The van der Waals surface area contributed by atoms with Crippen molar-refractivity contribution in [3.05, 3.63) is 35.9 Å². The molecule has 0 N–H and O–H groups in total. The zero-order valence-electron chi connectivity index (χ0n) is 10.7. The standard InChI is InChI=1S/C15H19NO2/c1-16-13-7-12(8-14(16)10-18-9-13)15(17)11-5-3-2-4-6-11/h2-6,12-14H,7-10H2,1H3. The van der Waals surface area contributed by atoms with E-state index in [1.54, 1.807) is 0 Å². The van der Waals surface area contributed by atoms with E-state index in [1.807, 2.05) is 30.3 Å². The molecule has 0 spiro atoms. The van der Waals surface area contributed by atoms with Crippen molar-refractivity contribution in [3.63, 3.8) is 0 Å². The summed E-state index contributed by atoms with van der Waals surface area (Å²) in [4.78, 5) is 14.9. The Labute approximate surface area is 108 Å². The van der Waals surface area contributed by atoms with Gasteiger partial charge < -0.3 is 4.74 Å². The summed E-state index contributed by atoms with van der Waals surface area (Å²) in [6.45, 7) is 1.54. The van der Waals surface area contributed by atoms with Gasteiger partial charge in [-0.05, 0) is 19.9 Å². The molecule has 3 nitrogen and oxygen atoms in total. The SMILES string of the molecule is CN1C2COCC1CC(C(=O)c1ccccc1)C2. The molecule has 96 valence electrons. The number of Topliss-reactive ketones (excluding diaryl/α,β-unsaturated/α-hetero) is 1. The second-order valence-corrected chi connectivity index (χ2v) is 5.41. The van der Waals surface area contributed by atoms with E-state index in [4.69, 9.17) is 4.74 Å². The monoisotopic (exact) mass is 245 g/mol. The van der Waals surface area contributed by atoms with Crippen LogP contribution in [0.1, 0.15) is 23.2 Å². The van der Waals surface area contributed by atoms with Crippen molar-refractivity contribution in [1.29, 1.82) is 0 Å². The van der Waals surface area contributed by atoms with E-state index in [-0.39, 0.29) is 5.92 Å². The molecule has 2 aliphatic rings. The number of ether oxygens (including phenoxy) is 1. The van der Waals surface area contributed by atoms with Crippen LogP contribution in [0.15, 0.2) is 30.3 Å². The van der Waals surface area contributed by atoms with Gasteiger partial charge in [0.1, 0.15) is 0 Å². The van der Waals surface area contributed by atoms with Crippen molar-refractivity contribution in [2.24, 2.45) is 5.92 Å². The van der Waals surface area contributed by atoms with Crippen LogP contribution in [0.5, 0.6) is 0 Å². The number of piperidine rings is 1. The lowest BCUT2D eigenvalue weighted by Crippen LogP contribution is -2.55. The molecule has 1 aromatic carbocycles. The van der Waals surface area contributed by atoms with Gasteiger partial charge in [-0.2, -0.15) is 0 Å². The van der Waals surface area contributed by atoms with Crippen LogP contribution in [0.4, 0.5) is 0 Å². The Kier molecular flexibility index (Phi) is 3.18. The van der Waals surface area contributed by atoms with Crippen LogP contribution in [0.25, 0.3) is 0 Å². The third-order valence-corrected chi connectivity index (χ3v) is 4.31. The van der Waals surface area contributed by atoms with E-state index in [0.29, 0.717) is 17.9 Å². The summed E-state index contributed by atoms with van der Waals surface area (Å²) < 4.78 is 5.59. The Hall–Kier alpha value is -1.19. The van der Waals surface area contributed by atoms with E-state index >= 15 is 0 Å². The van der Waals surface area contributed by atoms with Crippen molar-refractivity contribution in [1.82, 2.24) is 4.90 Å². The molecule has 2 fully saturated rings. The van der Waals surface area contributed by atoms with Crippen molar-refractivity contribution in [2.75, 3.05) is 20.3 Å². The topological polar surface area (TPSA) is 29.5 Å². The minimum atomic E-state index is 0.169. The number of hydrogen-bond acceptors (Lipinski definition) is 3. The number of likely N-dealkylation sites (N-methyl/N-ethyl adjacent to an activating group) is 1. The maximum Gasteiger partial charge on any atom is 0.166 e. The molecule has 18 heavy (non-hydrogen) atoms. The predicted molar refractivity (Wildman–Crippen MR) is 69.7 cm³/mol. The van der Waals surface area contributed by atoms with Gasteiger partial charge >= 0.3 is 0 Å². The number of carbonyl (C=O) groups is 1. The molecule has 0 aliphatic carbocycles. The second-order valence-electron chi connectivity index (χ2n) is 5.41. The fourth-order valence-electron chi connectivity index (χ4n) is 3.15. The lowest BCUT2D eigenvalue weighted by atomic mass is 9.81. The van der Waals surface area contributed by atoms with E-state index < -0.39 is 0 Å². The molecule has 2 atom stereocenters. The molecule has 2 heterocycles. The summed E-state index contributed by atoms with van der Waals surface area (Å²) in [7, 11) is 2.15. The molecule has 2 aliphatic heterocycles. The number of nitrogens with zero attached hydrogens (tertiary/aromatic N) is 1. The molecular formula is C15H19NO2. The van der Waals surface area contributed by atoms with Gasteiger partial charge in [0, 0.05) is 23.6 Å². The number of benzene rings is 1. The molecule has 3 heteroatoms. The normalized spacial score (nSPS) is 32.2. The summed E-state index contributed by atoms with van der Waals surface area (Å²) in [5.41, 5.74) is 0.853. The number of carbonyl (C=O) groups excluding carboxylic acids is 1. The van der Waals surface area contributed by atoms with Gasteiger partial charge in [0.05, 0.1) is 13.2 Å². The van der Waals surface area contributed by atoms with Gasteiger partial charge in [0.2, 0.25) is 0 Å². The fourth-order valence-corrected chi connectivity index (χ4v) is 3.15. The highest BCUT2D eigenvalue weighted by molar-refractivity contribution is 5.97. The maximum absolute atomic E-state index is 12.5. The lowest BCUT2D eigenvalue weighted by Gasteiger charge is -2.46. The van der Waals surface area contributed by atoms with Crippen LogP contribution in [0.2, 0.25) is 0 Å². The summed E-state index contributed by atoms with van der Waals surface area (Å²) in [5, 5.41) is 0. The van der Waals surface area contributed by atoms with E-state index in [0.717, 1.165) is 31.6 Å². The number of fused-ring (bicyclic) bond motifs is 2. The van der Waals surface area contributed by atoms with Crippen LogP contribution < -0.4 is 0 Å². The highest BCUT2D eigenvalue weighted by atomic mass is 16.5. The zero-order valence-corrected chi connectivity index (χ0v) is 10.7. The molecule has 1 aromatic rings. The average Bonchev–Trinajstić information content (AvgIpc) is 2.38. The summed E-state index contributed by atoms with van der Waals surface area (Å²) in [6.07, 6.45) is 1.86. The van der Waals surface area contributed by atoms with E-state index in [9.17, 15) is 4.79 Å². The molecule has 0 amide bonds. The van der Waals surface area contributed by atoms with Crippen molar-refractivity contribution in [3.8, 4) is 0 Å². The summed E-state index contributed by atoms with van der Waals surface area (Å²) in [5.74, 6) is 0.475. The molecular weight excluding hydrogens is 226 g/mol. The third-order valence-electron chi connectivity index (χ3n) is 4.31.